The molecular weight excluding hydrogens is 286 g/mol. The second-order valence-corrected chi connectivity index (χ2v) is 7.21. The minimum atomic E-state index is -3.36. The van der Waals surface area contributed by atoms with E-state index in [9.17, 15) is 8.42 Å². The van der Waals surface area contributed by atoms with Crippen LogP contribution in [0.5, 0.6) is 0 Å². The third-order valence-corrected chi connectivity index (χ3v) is 5.54. The third-order valence-electron chi connectivity index (χ3n) is 3.98. The van der Waals surface area contributed by atoms with Gasteiger partial charge >= 0.3 is 0 Å². The van der Waals surface area contributed by atoms with Gasteiger partial charge in [0, 0.05) is 25.3 Å². The van der Waals surface area contributed by atoms with E-state index in [0.29, 0.717) is 17.5 Å². The van der Waals surface area contributed by atoms with E-state index in [-0.39, 0.29) is 0 Å². The van der Waals surface area contributed by atoms with Crippen LogP contribution in [-0.4, -0.2) is 41.1 Å². The van der Waals surface area contributed by atoms with Crippen molar-refractivity contribution in [2.45, 2.75) is 37.1 Å². The van der Waals surface area contributed by atoms with Crippen molar-refractivity contribution in [3.8, 4) is 0 Å². The third kappa shape index (κ3) is 4.18. The van der Waals surface area contributed by atoms with Gasteiger partial charge in [0.15, 0.2) is 0 Å². The first-order chi connectivity index (χ1) is 10.0. The molecule has 1 saturated heterocycles. The number of sulfonamides is 1. The lowest BCUT2D eigenvalue weighted by atomic mass is 10.1. The molecular formula is C15H25N3O2S. The fourth-order valence-corrected chi connectivity index (χ4v) is 3.77. The van der Waals surface area contributed by atoms with Crippen LogP contribution in [-0.2, 0) is 10.0 Å². The predicted octanol–water partition coefficient (Wildman–Crippen LogP) is 1.56. The maximum absolute atomic E-state index is 11.9. The van der Waals surface area contributed by atoms with Gasteiger partial charge in [-0.05, 0) is 56.6 Å². The Balaban J connectivity index is 2.10. The van der Waals surface area contributed by atoms with E-state index >= 15 is 0 Å². The van der Waals surface area contributed by atoms with Gasteiger partial charge in [0.05, 0.1) is 4.90 Å². The zero-order valence-corrected chi connectivity index (χ0v) is 13.6. The summed E-state index contributed by atoms with van der Waals surface area (Å²) >= 11 is 0. The minimum absolute atomic E-state index is 0.323. The highest BCUT2D eigenvalue weighted by Crippen LogP contribution is 2.22. The maximum Gasteiger partial charge on any atom is 0.240 e. The van der Waals surface area contributed by atoms with Crippen molar-refractivity contribution in [1.82, 2.24) is 10.0 Å². The molecule has 0 bridgehead atoms. The van der Waals surface area contributed by atoms with Crippen molar-refractivity contribution in [3.63, 3.8) is 0 Å². The molecule has 2 N–H and O–H groups in total. The average molecular weight is 311 g/mol. The van der Waals surface area contributed by atoms with E-state index in [1.807, 2.05) is 12.1 Å². The molecule has 0 spiro atoms. The Bertz CT molecular complexity index is 535. The summed E-state index contributed by atoms with van der Waals surface area (Å²) in [4.78, 5) is 2.58. The topological polar surface area (TPSA) is 61.4 Å². The Morgan fingerprint density at radius 2 is 1.95 bits per heavy atom. The van der Waals surface area contributed by atoms with Crippen molar-refractivity contribution in [3.05, 3.63) is 24.3 Å². The van der Waals surface area contributed by atoms with Gasteiger partial charge in [-0.3, -0.25) is 0 Å². The smallest absolute Gasteiger partial charge is 0.240 e. The number of rotatable bonds is 5. The van der Waals surface area contributed by atoms with E-state index in [1.165, 1.54) is 12.8 Å². The van der Waals surface area contributed by atoms with Crippen LogP contribution in [0, 0.1) is 0 Å². The van der Waals surface area contributed by atoms with Gasteiger partial charge in [-0.2, -0.15) is 0 Å². The van der Waals surface area contributed by atoms with Gasteiger partial charge in [0.2, 0.25) is 10.0 Å². The summed E-state index contributed by atoms with van der Waals surface area (Å²) in [5.74, 6) is 0. The molecule has 2 rings (SSSR count). The average Bonchev–Trinajstić information content (AvgIpc) is 2.76. The van der Waals surface area contributed by atoms with Gasteiger partial charge in [-0.25, -0.2) is 13.1 Å². The molecule has 1 atom stereocenters. The Morgan fingerprint density at radius 3 is 2.62 bits per heavy atom. The van der Waals surface area contributed by atoms with Crippen LogP contribution in [0.4, 0.5) is 5.69 Å². The van der Waals surface area contributed by atoms with E-state index in [1.54, 1.807) is 19.1 Å². The van der Waals surface area contributed by atoms with Crippen LogP contribution in [0.2, 0.25) is 0 Å². The first-order valence-electron chi connectivity index (χ1n) is 7.58. The number of benzene rings is 1. The quantitative estimate of drug-likeness (QED) is 0.866. The number of nitrogens with one attached hydrogen (secondary N) is 2. The first-order valence-corrected chi connectivity index (χ1v) is 9.06. The molecule has 1 heterocycles. The molecule has 1 unspecified atom stereocenters. The molecule has 1 aliphatic heterocycles. The van der Waals surface area contributed by atoms with Gasteiger partial charge in [-0.1, -0.05) is 6.92 Å². The summed E-state index contributed by atoms with van der Waals surface area (Å²) in [6, 6.07) is 7.65. The molecule has 0 aliphatic carbocycles. The molecule has 0 radical (unpaired) electrons. The van der Waals surface area contributed by atoms with E-state index in [4.69, 9.17) is 0 Å². The Labute approximate surface area is 127 Å². The number of anilines is 1. The van der Waals surface area contributed by atoms with Crippen molar-refractivity contribution in [2.75, 3.05) is 31.6 Å². The van der Waals surface area contributed by atoms with Crippen molar-refractivity contribution in [1.29, 1.82) is 0 Å². The number of nitrogens with zero attached hydrogens (tertiary/aromatic N) is 1. The van der Waals surface area contributed by atoms with E-state index < -0.39 is 10.0 Å². The first kappa shape index (κ1) is 16.3. The molecule has 1 fully saturated rings. The lowest BCUT2D eigenvalue weighted by molar-refractivity contribution is 0.566. The second-order valence-electron chi connectivity index (χ2n) is 5.44. The van der Waals surface area contributed by atoms with Gasteiger partial charge in [0.25, 0.3) is 0 Å². The second kappa shape index (κ2) is 7.24. The van der Waals surface area contributed by atoms with Crippen LogP contribution >= 0.6 is 0 Å². The highest BCUT2D eigenvalue weighted by Gasteiger charge is 2.18. The fourth-order valence-electron chi connectivity index (χ4n) is 2.73. The van der Waals surface area contributed by atoms with Crippen molar-refractivity contribution >= 4 is 15.7 Å². The number of hydrogen-bond acceptors (Lipinski definition) is 4. The highest BCUT2D eigenvalue weighted by molar-refractivity contribution is 7.89. The molecule has 1 aromatic carbocycles. The summed E-state index contributed by atoms with van der Waals surface area (Å²) in [5, 5.41) is 3.41. The maximum atomic E-state index is 11.9. The molecule has 0 aromatic heterocycles. The summed E-state index contributed by atoms with van der Waals surface area (Å²) in [7, 11) is -1.27. The molecule has 6 heteroatoms. The molecule has 0 amide bonds. The standard InChI is InChI=1S/C15H25N3O2S/c1-3-17-21(19,20)15-8-6-14(7-9-15)18(2)13-5-4-11-16-12-10-13/h6-9,13,16-17H,3-5,10-12H2,1-2H3. The lowest BCUT2D eigenvalue weighted by Gasteiger charge is -2.29. The summed E-state index contributed by atoms with van der Waals surface area (Å²) in [6.07, 6.45) is 3.47. The monoisotopic (exact) mass is 311 g/mol. The van der Waals surface area contributed by atoms with Gasteiger partial charge < -0.3 is 10.2 Å². The molecule has 118 valence electrons. The summed E-state index contributed by atoms with van der Waals surface area (Å²) < 4.78 is 26.4. The predicted molar refractivity (Wildman–Crippen MR) is 86.2 cm³/mol. The van der Waals surface area contributed by atoms with Crippen molar-refractivity contribution < 1.29 is 8.42 Å². The Morgan fingerprint density at radius 1 is 1.24 bits per heavy atom. The van der Waals surface area contributed by atoms with Crippen LogP contribution in [0.1, 0.15) is 26.2 Å². The zero-order valence-electron chi connectivity index (χ0n) is 12.8. The van der Waals surface area contributed by atoms with Crippen LogP contribution in [0.15, 0.2) is 29.2 Å². The molecule has 5 nitrogen and oxygen atoms in total. The van der Waals surface area contributed by atoms with Gasteiger partial charge in [-0.15, -0.1) is 0 Å². The van der Waals surface area contributed by atoms with Gasteiger partial charge in [0.1, 0.15) is 0 Å². The molecule has 0 saturated carbocycles. The summed E-state index contributed by atoms with van der Waals surface area (Å²) in [5.41, 5.74) is 1.07. The summed E-state index contributed by atoms with van der Waals surface area (Å²) in [6.45, 7) is 4.31. The largest absolute Gasteiger partial charge is 0.372 e. The van der Waals surface area contributed by atoms with Crippen LogP contribution < -0.4 is 14.9 Å². The molecule has 1 aliphatic rings. The SMILES string of the molecule is CCNS(=O)(=O)c1ccc(N(C)C2CCCNCC2)cc1. The fraction of sp³-hybridized carbons (Fsp3) is 0.600. The molecule has 21 heavy (non-hydrogen) atoms. The Hall–Kier alpha value is -1.11. The van der Waals surface area contributed by atoms with Crippen LogP contribution in [0.3, 0.4) is 0 Å². The highest BCUT2D eigenvalue weighted by atomic mass is 32.2. The lowest BCUT2D eigenvalue weighted by Crippen LogP contribution is -2.32. The van der Waals surface area contributed by atoms with E-state index in [2.05, 4.69) is 22.0 Å². The zero-order chi connectivity index (χ0) is 15.3. The van der Waals surface area contributed by atoms with Crippen LogP contribution in [0.25, 0.3) is 0 Å². The minimum Gasteiger partial charge on any atom is -0.372 e. The Kier molecular flexibility index (Phi) is 5.61. The van der Waals surface area contributed by atoms with Crippen molar-refractivity contribution in [2.24, 2.45) is 0 Å². The number of hydrogen-bond donors (Lipinski definition) is 2. The molecule has 1 aromatic rings. The van der Waals surface area contributed by atoms with E-state index in [0.717, 1.165) is 25.2 Å². The normalized spacial score (nSPS) is 20.0.